The minimum atomic E-state index is -0.255. The quantitative estimate of drug-likeness (QED) is 0.808. The molecule has 2 saturated heterocycles. The molecule has 0 aromatic heterocycles. The molecular weight excluding hydrogens is 310 g/mol. The van der Waals surface area contributed by atoms with Gasteiger partial charge in [0.25, 0.3) is 0 Å². The molecule has 0 spiro atoms. The Bertz CT molecular complexity index is 386. The lowest BCUT2D eigenvalue weighted by molar-refractivity contribution is -0.143. The van der Waals surface area contributed by atoms with E-state index in [9.17, 15) is 9.59 Å². The van der Waals surface area contributed by atoms with Crippen molar-refractivity contribution in [3.63, 3.8) is 0 Å². The number of piperidine rings is 1. The van der Waals surface area contributed by atoms with Gasteiger partial charge in [-0.05, 0) is 32.2 Å². The van der Waals surface area contributed by atoms with Crippen LogP contribution in [0.4, 0.5) is 0 Å². The summed E-state index contributed by atoms with van der Waals surface area (Å²) in [7, 11) is 0. The first-order chi connectivity index (χ1) is 9.75. The summed E-state index contributed by atoms with van der Waals surface area (Å²) in [6.07, 6.45) is 5.30. The number of halogens is 1. The normalized spacial score (nSPS) is 29.4. The zero-order valence-corrected chi connectivity index (χ0v) is 13.8. The molecule has 2 amide bonds. The molecule has 1 unspecified atom stereocenters. The average molecular weight is 334 g/mol. The standard InChI is InChI=1S/C14H23N3O2S.ClH/c18-13(16-11-5-2-6-15-7-11)12-8-20-9-17(12)14(19)10-3-1-4-10;/h10-12,15H,1-9H2,(H,16,18);1H/t11-,12?;/m0./s1. The van der Waals surface area contributed by atoms with Crippen LogP contribution in [-0.2, 0) is 9.59 Å². The molecule has 2 atom stereocenters. The van der Waals surface area contributed by atoms with E-state index in [1.54, 1.807) is 16.7 Å². The van der Waals surface area contributed by atoms with E-state index >= 15 is 0 Å². The van der Waals surface area contributed by atoms with Gasteiger partial charge in [-0.15, -0.1) is 24.2 Å². The molecule has 7 heteroatoms. The topological polar surface area (TPSA) is 61.4 Å². The first kappa shape index (κ1) is 16.9. The lowest BCUT2D eigenvalue weighted by atomic mass is 9.84. The van der Waals surface area contributed by atoms with E-state index in [-0.39, 0.29) is 42.2 Å². The van der Waals surface area contributed by atoms with Gasteiger partial charge in [-0.25, -0.2) is 0 Å². The van der Waals surface area contributed by atoms with Crippen LogP contribution < -0.4 is 10.6 Å². The number of hydrogen-bond donors (Lipinski definition) is 2. The molecule has 120 valence electrons. The van der Waals surface area contributed by atoms with Gasteiger partial charge in [0.15, 0.2) is 0 Å². The second-order valence-electron chi connectivity index (χ2n) is 6.00. The molecule has 3 aliphatic rings. The van der Waals surface area contributed by atoms with Gasteiger partial charge in [0.2, 0.25) is 11.8 Å². The van der Waals surface area contributed by atoms with Crippen molar-refractivity contribution in [1.82, 2.24) is 15.5 Å². The van der Waals surface area contributed by atoms with Crippen molar-refractivity contribution in [3.8, 4) is 0 Å². The number of carbonyl (C=O) groups is 2. The summed E-state index contributed by atoms with van der Waals surface area (Å²) in [5.74, 6) is 1.83. The lowest BCUT2D eigenvalue weighted by Crippen LogP contribution is -2.54. The van der Waals surface area contributed by atoms with E-state index in [0.717, 1.165) is 50.9 Å². The van der Waals surface area contributed by atoms with Crippen molar-refractivity contribution in [2.75, 3.05) is 24.7 Å². The number of nitrogens with zero attached hydrogens (tertiary/aromatic N) is 1. The van der Waals surface area contributed by atoms with Gasteiger partial charge in [-0.3, -0.25) is 9.59 Å². The molecule has 5 nitrogen and oxygen atoms in total. The Morgan fingerprint density at radius 2 is 2.00 bits per heavy atom. The Labute approximate surface area is 136 Å². The molecule has 2 heterocycles. The van der Waals surface area contributed by atoms with Crippen LogP contribution in [0.2, 0.25) is 0 Å². The second-order valence-corrected chi connectivity index (χ2v) is 7.00. The maximum absolute atomic E-state index is 12.4. The maximum atomic E-state index is 12.4. The zero-order chi connectivity index (χ0) is 13.9. The summed E-state index contributed by atoms with van der Waals surface area (Å²) in [6.45, 7) is 1.89. The fourth-order valence-corrected chi connectivity index (χ4v) is 4.20. The highest BCUT2D eigenvalue weighted by molar-refractivity contribution is 7.99. The zero-order valence-electron chi connectivity index (χ0n) is 12.2. The molecular formula is C14H24ClN3O2S. The van der Waals surface area contributed by atoms with E-state index in [1.165, 1.54) is 0 Å². The predicted octanol–water partition coefficient (Wildman–Crippen LogP) is 0.978. The molecule has 21 heavy (non-hydrogen) atoms. The SMILES string of the molecule is Cl.O=C(N[C@H]1CCCNC1)C1CSCN1C(=O)C1CCC1. The van der Waals surface area contributed by atoms with Crippen LogP contribution in [0, 0.1) is 5.92 Å². The Hall–Kier alpha value is -0.460. The van der Waals surface area contributed by atoms with Crippen LogP contribution in [0.3, 0.4) is 0 Å². The number of amides is 2. The van der Waals surface area contributed by atoms with Crippen molar-refractivity contribution in [2.24, 2.45) is 5.92 Å². The van der Waals surface area contributed by atoms with Crippen LogP contribution in [0.1, 0.15) is 32.1 Å². The Morgan fingerprint density at radius 1 is 1.19 bits per heavy atom. The summed E-state index contributed by atoms with van der Waals surface area (Å²) < 4.78 is 0. The summed E-state index contributed by atoms with van der Waals surface area (Å²) in [4.78, 5) is 26.6. The number of thioether (sulfide) groups is 1. The second kappa shape index (κ2) is 7.70. The monoisotopic (exact) mass is 333 g/mol. The summed E-state index contributed by atoms with van der Waals surface area (Å²) in [5, 5.41) is 6.41. The van der Waals surface area contributed by atoms with E-state index in [1.807, 2.05) is 0 Å². The van der Waals surface area contributed by atoms with Crippen LogP contribution in [0.25, 0.3) is 0 Å². The number of nitrogens with one attached hydrogen (secondary N) is 2. The predicted molar refractivity (Wildman–Crippen MR) is 86.6 cm³/mol. The third-order valence-electron chi connectivity index (χ3n) is 4.57. The van der Waals surface area contributed by atoms with Crippen molar-refractivity contribution < 1.29 is 9.59 Å². The molecule has 0 bridgehead atoms. The van der Waals surface area contributed by atoms with Crippen molar-refractivity contribution in [3.05, 3.63) is 0 Å². The fraction of sp³-hybridized carbons (Fsp3) is 0.857. The van der Waals surface area contributed by atoms with E-state index in [0.29, 0.717) is 5.88 Å². The van der Waals surface area contributed by atoms with Gasteiger partial charge in [-0.2, -0.15) is 0 Å². The lowest BCUT2D eigenvalue weighted by Gasteiger charge is -2.32. The largest absolute Gasteiger partial charge is 0.350 e. The average Bonchev–Trinajstić information content (AvgIpc) is 2.87. The number of carbonyl (C=O) groups excluding carboxylic acids is 2. The van der Waals surface area contributed by atoms with E-state index in [4.69, 9.17) is 0 Å². The van der Waals surface area contributed by atoms with E-state index < -0.39 is 0 Å². The molecule has 1 saturated carbocycles. The third kappa shape index (κ3) is 3.85. The first-order valence-electron chi connectivity index (χ1n) is 7.65. The third-order valence-corrected chi connectivity index (χ3v) is 5.58. The summed E-state index contributed by atoms with van der Waals surface area (Å²) >= 11 is 1.69. The molecule has 0 aromatic carbocycles. The molecule has 2 aliphatic heterocycles. The smallest absolute Gasteiger partial charge is 0.243 e. The minimum Gasteiger partial charge on any atom is -0.350 e. The summed E-state index contributed by atoms with van der Waals surface area (Å²) in [6, 6.07) is -0.0301. The maximum Gasteiger partial charge on any atom is 0.243 e. The van der Waals surface area contributed by atoms with Gasteiger partial charge in [0.1, 0.15) is 6.04 Å². The van der Waals surface area contributed by atoms with Crippen LogP contribution in [0.15, 0.2) is 0 Å². The molecule has 2 N–H and O–H groups in total. The van der Waals surface area contributed by atoms with Crippen LogP contribution >= 0.6 is 24.2 Å². The molecule has 1 aliphatic carbocycles. The number of rotatable bonds is 3. The Morgan fingerprint density at radius 3 is 2.62 bits per heavy atom. The molecule has 3 rings (SSSR count). The molecule has 0 aromatic rings. The fourth-order valence-electron chi connectivity index (χ4n) is 3.04. The van der Waals surface area contributed by atoms with Crippen molar-refractivity contribution >= 4 is 36.0 Å². The van der Waals surface area contributed by atoms with Gasteiger partial charge in [0, 0.05) is 24.3 Å². The molecule has 0 radical (unpaired) electrons. The van der Waals surface area contributed by atoms with Gasteiger partial charge < -0.3 is 15.5 Å². The highest BCUT2D eigenvalue weighted by Gasteiger charge is 2.39. The highest BCUT2D eigenvalue weighted by Crippen LogP contribution is 2.32. The van der Waals surface area contributed by atoms with Gasteiger partial charge >= 0.3 is 0 Å². The van der Waals surface area contributed by atoms with E-state index in [2.05, 4.69) is 10.6 Å². The van der Waals surface area contributed by atoms with Crippen molar-refractivity contribution in [1.29, 1.82) is 0 Å². The van der Waals surface area contributed by atoms with Gasteiger partial charge in [0.05, 0.1) is 5.88 Å². The minimum absolute atomic E-state index is 0. The Kier molecular flexibility index (Phi) is 6.20. The first-order valence-corrected chi connectivity index (χ1v) is 8.80. The van der Waals surface area contributed by atoms with Crippen LogP contribution in [-0.4, -0.2) is 53.5 Å². The number of hydrogen-bond acceptors (Lipinski definition) is 4. The van der Waals surface area contributed by atoms with Crippen LogP contribution in [0.5, 0.6) is 0 Å². The Balaban J connectivity index is 0.00000161. The summed E-state index contributed by atoms with van der Waals surface area (Å²) in [5.41, 5.74) is 0. The van der Waals surface area contributed by atoms with Gasteiger partial charge in [-0.1, -0.05) is 6.42 Å². The highest BCUT2D eigenvalue weighted by atomic mass is 35.5. The van der Waals surface area contributed by atoms with Crippen molar-refractivity contribution in [2.45, 2.75) is 44.2 Å². The molecule has 3 fully saturated rings.